The van der Waals surface area contributed by atoms with E-state index in [-0.39, 0.29) is 17.0 Å². The Kier molecular flexibility index (Phi) is 5.43. The summed E-state index contributed by atoms with van der Waals surface area (Å²) in [5.74, 6) is 1.44. The zero-order valence-electron chi connectivity index (χ0n) is 15.0. The van der Waals surface area contributed by atoms with Crippen LogP contribution in [0.25, 0.3) is 16.9 Å². The Morgan fingerprint density at radius 2 is 1.44 bits per heavy atom. The second kappa shape index (κ2) is 7.57. The van der Waals surface area contributed by atoms with Crippen molar-refractivity contribution in [1.82, 2.24) is 4.57 Å². The number of halogens is 1. The summed E-state index contributed by atoms with van der Waals surface area (Å²) in [6.07, 6.45) is 7.36. The van der Waals surface area contributed by atoms with Gasteiger partial charge >= 0.3 is 0 Å². The average Bonchev–Trinajstić information content (AvgIpc) is 2.78. The SMILES string of the molecule is Cc1ccc(-c2cn(-c3ccc(C)cc3)c3[n+]2CCCCC3)cc1.[Br-]. The minimum absolute atomic E-state index is 0. The Morgan fingerprint density at radius 3 is 2.12 bits per heavy atom. The number of fused-ring (bicyclic) bond motifs is 1. The van der Waals surface area contributed by atoms with Gasteiger partial charge in [0.15, 0.2) is 5.69 Å². The Balaban J connectivity index is 0.00000182. The predicted octanol–water partition coefficient (Wildman–Crippen LogP) is 1.78. The van der Waals surface area contributed by atoms with Crippen LogP contribution in [0.2, 0.25) is 0 Å². The standard InChI is InChI=1S/C22H25N2.BrH/c1-17-7-11-19(12-8-17)21-16-24(20-13-9-18(2)10-14-20)22-6-4-3-5-15-23(21)22;/h7-14,16H,3-6,15H2,1-2H3;1H/q+1;/p-1. The lowest BCUT2D eigenvalue weighted by atomic mass is 10.1. The van der Waals surface area contributed by atoms with Crippen molar-refractivity contribution in [2.24, 2.45) is 0 Å². The molecule has 0 N–H and O–H groups in total. The molecular weight excluding hydrogens is 372 g/mol. The molecule has 3 heteroatoms. The number of benzene rings is 2. The van der Waals surface area contributed by atoms with Crippen LogP contribution in [0.5, 0.6) is 0 Å². The van der Waals surface area contributed by atoms with Gasteiger partial charge in [0.25, 0.3) is 5.82 Å². The van der Waals surface area contributed by atoms with Crippen LogP contribution >= 0.6 is 0 Å². The Labute approximate surface area is 160 Å². The number of aryl methyl sites for hydroxylation is 2. The van der Waals surface area contributed by atoms with Gasteiger partial charge in [0.1, 0.15) is 11.9 Å². The maximum absolute atomic E-state index is 2.54. The predicted molar refractivity (Wildman–Crippen MR) is 98.4 cm³/mol. The third-order valence-electron chi connectivity index (χ3n) is 5.07. The molecule has 0 saturated heterocycles. The van der Waals surface area contributed by atoms with Gasteiger partial charge in [0.05, 0.1) is 6.54 Å². The Hall–Kier alpha value is -1.87. The molecule has 1 aliphatic heterocycles. The summed E-state index contributed by atoms with van der Waals surface area (Å²) in [6, 6.07) is 17.8. The van der Waals surface area contributed by atoms with Crippen LogP contribution < -0.4 is 21.5 Å². The fraction of sp³-hybridized carbons (Fsp3) is 0.318. The highest BCUT2D eigenvalue weighted by Gasteiger charge is 2.26. The van der Waals surface area contributed by atoms with Crippen molar-refractivity contribution >= 4 is 0 Å². The Bertz CT molecular complexity index is 775. The second-order valence-corrected chi connectivity index (χ2v) is 6.96. The van der Waals surface area contributed by atoms with Crippen molar-refractivity contribution in [3.05, 3.63) is 71.7 Å². The molecule has 2 nitrogen and oxygen atoms in total. The molecule has 0 aliphatic carbocycles. The zero-order chi connectivity index (χ0) is 16.5. The number of hydrogen-bond acceptors (Lipinski definition) is 0. The second-order valence-electron chi connectivity index (χ2n) is 6.96. The van der Waals surface area contributed by atoms with Crippen LogP contribution in [-0.4, -0.2) is 4.57 Å². The van der Waals surface area contributed by atoms with Crippen molar-refractivity contribution in [2.45, 2.75) is 46.1 Å². The lowest BCUT2D eigenvalue weighted by molar-refractivity contribution is -0.692. The normalized spacial score (nSPS) is 13.7. The lowest BCUT2D eigenvalue weighted by Crippen LogP contribution is -3.00. The van der Waals surface area contributed by atoms with E-state index in [4.69, 9.17) is 0 Å². The van der Waals surface area contributed by atoms with Crippen molar-refractivity contribution in [3.63, 3.8) is 0 Å². The zero-order valence-corrected chi connectivity index (χ0v) is 16.6. The molecule has 130 valence electrons. The lowest BCUT2D eigenvalue weighted by Gasteiger charge is -2.03. The molecule has 1 aromatic heterocycles. The molecule has 1 aliphatic rings. The molecule has 2 heterocycles. The molecule has 0 unspecified atom stereocenters. The number of aromatic nitrogens is 2. The number of rotatable bonds is 2. The molecule has 3 aromatic rings. The average molecular weight is 397 g/mol. The van der Waals surface area contributed by atoms with Crippen molar-refractivity contribution < 1.29 is 21.5 Å². The summed E-state index contributed by atoms with van der Waals surface area (Å²) in [7, 11) is 0. The minimum atomic E-state index is 0. The van der Waals surface area contributed by atoms with E-state index in [1.54, 1.807) is 0 Å². The molecule has 0 atom stereocenters. The van der Waals surface area contributed by atoms with Crippen LogP contribution in [-0.2, 0) is 13.0 Å². The molecule has 0 saturated carbocycles. The third kappa shape index (κ3) is 3.57. The highest BCUT2D eigenvalue weighted by molar-refractivity contribution is 5.57. The molecule has 0 bridgehead atoms. The van der Waals surface area contributed by atoms with Gasteiger partial charge in [-0.1, -0.05) is 47.5 Å². The first-order valence-corrected chi connectivity index (χ1v) is 9.00. The van der Waals surface area contributed by atoms with E-state index >= 15 is 0 Å². The summed E-state index contributed by atoms with van der Waals surface area (Å²) in [6.45, 7) is 5.42. The monoisotopic (exact) mass is 396 g/mol. The van der Waals surface area contributed by atoms with Crippen LogP contribution in [0.15, 0.2) is 54.7 Å². The number of nitrogens with zero attached hydrogens (tertiary/aromatic N) is 2. The highest BCUT2D eigenvalue weighted by Crippen LogP contribution is 2.24. The summed E-state index contributed by atoms with van der Waals surface area (Å²) in [5.41, 5.74) is 6.54. The van der Waals surface area contributed by atoms with E-state index in [1.807, 2.05) is 0 Å². The van der Waals surface area contributed by atoms with Gasteiger partial charge in [-0.2, -0.15) is 4.57 Å². The maximum Gasteiger partial charge on any atom is 0.262 e. The molecule has 4 rings (SSSR count). The van der Waals surface area contributed by atoms with E-state index in [2.05, 4.69) is 77.7 Å². The van der Waals surface area contributed by atoms with Crippen LogP contribution in [0.3, 0.4) is 0 Å². The summed E-state index contributed by atoms with van der Waals surface area (Å²) < 4.78 is 4.94. The fourth-order valence-corrected chi connectivity index (χ4v) is 3.65. The van der Waals surface area contributed by atoms with Gasteiger partial charge in [0, 0.05) is 12.0 Å². The third-order valence-corrected chi connectivity index (χ3v) is 5.07. The quantitative estimate of drug-likeness (QED) is 0.583. The first-order chi connectivity index (χ1) is 11.7. The first-order valence-electron chi connectivity index (χ1n) is 9.00. The smallest absolute Gasteiger partial charge is 0.262 e. The molecule has 0 fully saturated rings. The van der Waals surface area contributed by atoms with E-state index in [9.17, 15) is 0 Å². The molecule has 0 amide bonds. The highest BCUT2D eigenvalue weighted by atomic mass is 79.9. The van der Waals surface area contributed by atoms with Gasteiger partial charge < -0.3 is 17.0 Å². The molecule has 0 radical (unpaired) electrons. The minimum Gasteiger partial charge on any atom is -1.00 e. The molecular formula is C22H25BrN2. The van der Waals surface area contributed by atoms with E-state index < -0.39 is 0 Å². The largest absolute Gasteiger partial charge is 1.00 e. The first kappa shape index (κ1) is 17.9. The van der Waals surface area contributed by atoms with E-state index in [1.165, 1.54) is 53.2 Å². The van der Waals surface area contributed by atoms with E-state index in [0.717, 1.165) is 13.0 Å². The van der Waals surface area contributed by atoms with E-state index in [0.29, 0.717) is 0 Å². The van der Waals surface area contributed by atoms with Crippen molar-refractivity contribution in [3.8, 4) is 16.9 Å². The van der Waals surface area contributed by atoms with Crippen LogP contribution in [0, 0.1) is 13.8 Å². The van der Waals surface area contributed by atoms with Crippen LogP contribution in [0.1, 0.15) is 36.2 Å². The number of hydrogen-bond donors (Lipinski definition) is 0. The van der Waals surface area contributed by atoms with Gasteiger partial charge in [-0.25, -0.2) is 4.57 Å². The maximum atomic E-state index is 2.54. The van der Waals surface area contributed by atoms with Crippen molar-refractivity contribution in [1.29, 1.82) is 0 Å². The van der Waals surface area contributed by atoms with Crippen LogP contribution in [0.4, 0.5) is 0 Å². The summed E-state index contributed by atoms with van der Waals surface area (Å²) in [5, 5.41) is 0. The van der Waals surface area contributed by atoms with Crippen molar-refractivity contribution in [2.75, 3.05) is 0 Å². The molecule has 0 spiro atoms. The number of imidazole rings is 1. The van der Waals surface area contributed by atoms with Gasteiger partial charge in [0.2, 0.25) is 0 Å². The van der Waals surface area contributed by atoms with Gasteiger partial charge in [-0.05, 0) is 45.2 Å². The topological polar surface area (TPSA) is 8.81 Å². The van der Waals surface area contributed by atoms with Gasteiger partial charge in [-0.3, -0.25) is 0 Å². The molecule has 25 heavy (non-hydrogen) atoms. The Morgan fingerprint density at radius 1 is 0.800 bits per heavy atom. The molecule has 2 aromatic carbocycles. The fourth-order valence-electron chi connectivity index (χ4n) is 3.65. The van der Waals surface area contributed by atoms with Gasteiger partial charge in [-0.15, -0.1) is 0 Å². The summed E-state index contributed by atoms with van der Waals surface area (Å²) >= 11 is 0. The summed E-state index contributed by atoms with van der Waals surface area (Å²) in [4.78, 5) is 0.